The van der Waals surface area contributed by atoms with Crippen molar-refractivity contribution in [2.45, 2.75) is 52.0 Å². The van der Waals surface area contributed by atoms with Gasteiger partial charge in [-0.15, -0.1) is 0 Å². The van der Waals surface area contributed by atoms with Gasteiger partial charge in [0, 0.05) is 38.1 Å². The Bertz CT molecular complexity index is 701. The second-order valence-electron chi connectivity index (χ2n) is 7.56. The van der Waals surface area contributed by atoms with E-state index in [0.29, 0.717) is 6.42 Å². The molecule has 4 heteroatoms. The standard InChI is InChI=1S/C13H18N2O.C8H9N/c1-13(2,14)7-12(16)15-8-10-5-3-4-6-11(10)9-15;1-2-4-8-6-9-5-7(8)3-1/h3-6H,7-9,14H2,1-2H3;1-4,9H,5-6H2. The Hall–Kier alpha value is -2.17. The Kier molecular flexibility index (Phi) is 5.21. The first-order chi connectivity index (χ1) is 11.9. The van der Waals surface area contributed by atoms with Crippen molar-refractivity contribution in [1.29, 1.82) is 0 Å². The van der Waals surface area contributed by atoms with Gasteiger partial charge >= 0.3 is 0 Å². The number of nitrogens with two attached hydrogens (primary N) is 1. The third-order valence-electron chi connectivity index (χ3n) is 4.55. The zero-order valence-electron chi connectivity index (χ0n) is 15.1. The Balaban J connectivity index is 0.000000170. The van der Waals surface area contributed by atoms with Crippen molar-refractivity contribution in [2.24, 2.45) is 5.73 Å². The van der Waals surface area contributed by atoms with Crippen LogP contribution in [0.4, 0.5) is 0 Å². The van der Waals surface area contributed by atoms with Gasteiger partial charge in [0.1, 0.15) is 0 Å². The van der Waals surface area contributed by atoms with Crippen molar-refractivity contribution in [3.63, 3.8) is 0 Å². The zero-order chi connectivity index (χ0) is 17.9. The summed E-state index contributed by atoms with van der Waals surface area (Å²) in [5, 5.41) is 3.29. The van der Waals surface area contributed by atoms with Gasteiger partial charge in [-0.1, -0.05) is 48.5 Å². The Morgan fingerprint density at radius 2 is 1.40 bits per heavy atom. The summed E-state index contributed by atoms with van der Waals surface area (Å²) in [7, 11) is 0. The van der Waals surface area contributed by atoms with Gasteiger partial charge in [-0.2, -0.15) is 0 Å². The van der Waals surface area contributed by atoms with Crippen LogP contribution in [0.1, 0.15) is 42.5 Å². The van der Waals surface area contributed by atoms with E-state index in [1.54, 1.807) is 0 Å². The van der Waals surface area contributed by atoms with E-state index in [-0.39, 0.29) is 5.91 Å². The molecule has 25 heavy (non-hydrogen) atoms. The van der Waals surface area contributed by atoms with Crippen LogP contribution in [0.15, 0.2) is 48.5 Å². The predicted octanol–water partition coefficient (Wildman–Crippen LogP) is 2.95. The monoisotopic (exact) mass is 337 g/mol. The molecule has 2 aliphatic rings. The number of carbonyl (C=O) groups is 1. The lowest BCUT2D eigenvalue weighted by molar-refractivity contribution is -0.132. The summed E-state index contributed by atoms with van der Waals surface area (Å²) in [6, 6.07) is 16.7. The molecule has 2 aromatic rings. The van der Waals surface area contributed by atoms with Gasteiger partial charge in [-0.05, 0) is 36.1 Å². The van der Waals surface area contributed by atoms with Crippen LogP contribution >= 0.6 is 0 Å². The minimum atomic E-state index is -0.425. The van der Waals surface area contributed by atoms with Crippen LogP contribution in [0, 0.1) is 0 Å². The fourth-order valence-corrected chi connectivity index (χ4v) is 3.25. The summed E-state index contributed by atoms with van der Waals surface area (Å²) >= 11 is 0. The third kappa shape index (κ3) is 4.68. The van der Waals surface area contributed by atoms with Crippen LogP contribution in [0.25, 0.3) is 0 Å². The first-order valence-corrected chi connectivity index (χ1v) is 8.83. The highest BCUT2D eigenvalue weighted by Gasteiger charge is 2.26. The number of fused-ring (bicyclic) bond motifs is 2. The third-order valence-corrected chi connectivity index (χ3v) is 4.55. The minimum absolute atomic E-state index is 0.142. The maximum absolute atomic E-state index is 12.0. The molecule has 4 rings (SSSR count). The fourth-order valence-electron chi connectivity index (χ4n) is 3.25. The lowest BCUT2D eigenvalue weighted by Gasteiger charge is -2.22. The van der Waals surface area contributed by atoms with Crippen LogP contribution < -0.4 is 11.1 Å². The first kappa shape index (κ1) is 17.6. The summed E-state index contributed by atoms with van der Waals surface area (Å²) in [6.07, 6.45) is 0.404. The number of hydrogen-bond acceptors (Lipinski definition) is 3. The van der Waals surface area contributed by atoms with E-state index in [1.165, 1.54) is 22.3 Å². The molecule has 2 aliphatic heterocycles. The summed E-state index contributed by atoms with van der Waals surface area (Å²) < 4.78 is 0. The molecule has 0 atom stereocenters. The van der Waals surface area contributed by atoms with E-state index in [0.717, 1.165) is 26.2 Å². The molecule has 132 valence electrons. The van der Waals surface area contributed by atoms with E-state index < -0.39 is 5.54 Å². The van der Waals surface area contributed by atoms with Crippen molar-refractivity contribution < 1.29 is 4.79 Å². The number of rotatable bonds is 2. The molecule has 0 radical (unpaired) electrons. The average molecular weight is 337 g/mol. The molecular formula is C21H27N3O. The van der Waals surface area contributed by atoms with Crippen LogP contribution in [-0.2, 0) is 31.0 Å². The SMILES string of the molecule is CC(C)(N)CC(=O)N1Cc2ccccc2C1.c1ccc2c(c1)CNC2. The van der Waals surface area contributed by atoms with Gasteiger partial charge in [-0.25, -0.2) is 0 Å². The van der Waals surface area contributed by atoms with Crippen molar-refractivity contribution in [2.75, 3.05) is 0 Å². The highest BCUT2D eigenvalue weighted by molar-refractivity contribution is 5.78. The van der Waals surface area contributed by atoms with E-state index in [2.05, 4.69) is 41.7 Å². The second kappa shape index (κ2) is 7.38. The van der Waals surface area contributed by atoms with Gasteiger partial charge in [0.2, 0.25) is 5.91 Å². The van der Waals surface area contributed by atoms with Crippen LogP contribution in [0.2, 0.25) is 0 Å². The van der Waals surface area contributed by atoms with Crippen molar-refractivity contribution in [3.05, 3.63) is 70.8 Å². The molecule has 0 fully saturated rings. The summed E-state index contributed by atoms with van der Waals surface area (Å²) in [6.45, 7) is 7.32. The molecule has 0 bridgehead atoms. The summed E-state index contributed by atoms with van der Waals surface area (Å²) in [5.74, 6) is 0.142. The van der Waals surface area contributed by atoms with Crippen molar-refractivity contribution in [3.8, 4) is 0 Å². The van der Waals surface area contributed by atoms with Gasteiger partial charge in [0.15, 0.2) is 0 Å². The minimum Gasteiger partial charge on any atom is -0.334 e. The molecule has 1 amide bonds. The lowest BCUT2D eigenvalue weighted by Crippen LogP contribution is -2.39. The lowest BCUT2D eigenvalue weighted by atomic mass is 10.0. The number of nitrogens with one attached hydrogen (secondary N) is 1. The van der Waals surface area contributed by atoms with Gasteiger partial charge in [-0.3, -0.25) is 4.79 Å². The fraction of sp³-hybridized carbons (Fsp3) is 0.381. The van der Waals surface area contributed by atoms with Gasteiger partial charge in [0.05, 0.1) is 0 Å². The summed E-state index contributed by atoms with van der Waals surface area (Å²) in [4.78, 5) is 13.8. The molecule has 2 heterocycles. The number of hydrogen-bond donors (Lipinski definition) is 2. The largest absolute Gasteiger partial charge is 0.334 e. The Morgan fingerprint density at radius 3 is 1.84 bits per heavy atom. The molecule has 0 spiro atoms. The Labute approximate surface area is 150 Å². The molecule has 4 nitrogen and oxygen atoms in total. The average Bonchev–Trinajstić information content (AvgIpc) is 3.20. The van der Waals surface area contributed by atoms with Gasteiger partial charge < -0.3 is 16.0 Å². The highest BCUT2D eigenvalue weighted by atomic mass is 16.2. The number of carbonyl (C=O) groups excluding carboxylic acids is 1. The normalized spacial score (nSPS) is 15.2. The zero-order valence-corrected chi connectivity index (χ0v) is 15.1. The van der Waals surface area contributed by atoms with Crippen molar-refractivity contribution >= 4 is 5.91 Å². The molecule has 0 saturated heterocycles. The number of amides is 1. The molecule has 2 aromatic carbocycles. The number of nitrogens with zero attached hydrogens (tertiary/aromatic N) is 1. The molecule has 0 aromatic heterocycles. The van der Waals surface area contributed by atoms with E-state index in [4.69, 9.17) is 5.73 Å². The Morgan fingerprint density at radius 1 is 0.960 bits per heavy atom. The summed E-state index contributed by atoms with van der Waals surface area (Å²) in [5.41, 5.74) is 10.9. The number of benzene rings is 2. The van der Waals surface area contributed by atoms with Crippen LogP contribution in [0.5, 0.6) is 0 Å². The molecule has 0 saturated carbocycles. The van der Waals surface area contributed by atoms with Crippen LogP contribution in [0.3, 0.4) is 0 Å². The van der Waals surface area contributed by atoms with Gasteiger partial charge in [0.25, 0.3) is 0 Å². The maximum Gasteiger partial charge on any atom is 0.224 e. The van der Waals surface area contributed by atoms with E-state index in [1.807, 2.05) is 30.9 Å². The second-order valence-corrected chi connectivity index (χ2v) is 7.56. The molecule has 0 aliphatic carbocycles. The highest BCUT2D eigenvalue weighted by Crippen LogP contribution is 2.23. The molecular weight excluding hydrogens is 310 g/mol. The topological polar surface area (TPSA) is 58.4 Å². The van der Waals surface area contributed by atoms with E-state index >= 15 is 0 Å². The first-order valence-electron chi connectivity index (χ1n) is 8.83. The molecule has 3 N–H and O–H groups in total. The maximum atomic E-state index is 12.0. The van der Waals surface area contributed by atoms with E-state index in [9.17, 15) is 4.79 Å². The predicted molar refractivity (Wildman–Crippen MR) is 101 cm³/mol. The molecule has 0 unspecified atom stereocenters. The quantitative estimate of drug-likeness (QED) is 0.886. The van der Waals surface area contributed by atoms with Crippen molar-refractivity contribution in [1.82, 2.24) is 10.2 Å². The van der Waals surface area contributed by atoms with Crippen LogP contribution in [-0.4, -0.2) is 16.3 Å². The smallest absolute Gasteiger partial charge is 0.224 e.